The van der Waals surface area contributed by atoms with Gasteiger partial charge in [-0.25, -0.2) is 9.18 Å². The number of hydrogen-bond acceptors (Lipinski definition) is 2. The maximum atomic E-state index is 13.0. The Morgan fingerprint density at radius 2 is 2.11 bits per heavy atom. The molecule has 1 aromatic carbocycles. The number of anilines is 1. The highest BCUT2D eigenvalue weighted by Crippen LogP contribution is 2.13. The highest BCUT2D eigenvalue weighted by molar-refractivity contribution is 5.89. The minimum Gasteiger partial charge on any atom is -0.481 e. The maximum Gasteiger partial charge on any atom is 0.319 e. The molecule has 0 fully saturated rings. The van der Waals surface area contributed by atoms with E-state index in [-0.39, 0.29) is 18.8 Å². The van der Waals surface area contributed by atoms with E-state index < -0.39 is 12.0 Å². The number of aryl methyl sites for hydroxylation is 1. The fourth-order valence-corrected chi connectivity index (χ4v) is 1.34. The summed E-state index contributed by atoms with van der Waals surface area (Å²) in [5, 5.41) is 13.5. The van der Waals surface area contributed by atoms with E-state index in [1.54, 1.807) is 6.92 Å². The first-order chi connectivity index (χ1) is 8.49. The lowest BCUT2D eigenvalue weighted by atomic mass is 10.2. The number of halogens is 1. The van der Waals surface area contributed by atoms with E-state index in [1.165, 1.54) is 18.2 Å². The van der Waals surface area contributed by atoms with Crippen molar-refractivity contribution in [2.75, 3.05) is 11.9 Å². The standard InChI is InChI=1S/C12H15FN2O3/c1-8-7-9(4-5-10(8)13)15-12(18)14-6-2-3-11(16)17/h4-5,7H,2-3,6H2,1H3,(H,16,17)(H2,14,15,18). The number of benzene rings is 1. The molecule has 0 bridgehead atoms. The third kappa shape index (κ3) is 4.82. The van der Waals surface area contributed by atoms with Gasteiger partial charge in [-0.1, -0.05) is 0 Å². The molecule has 1 aromatic rings. The zero-order valence-electron chi connectivity index (χ0n) is 10.00. The van der Waals surface area contributed by atoms with Crippen LogP contribution in [0.4, 0.5) is 14.9 Å². The molecule has 18 heavy (non-hydrogen) atoms. The first kappa shape index (κ1) is 14.0. The van der Waals surface area contributed by atoms with E-state index in [4.69, 9.17) is 5.11 Å². The van der Waals surface area contributed by atoms with E-state index in [1.807, 2.05) is 0 Å². The molecule has 0 saturated heterocycles. The predicted molar refractivity (Wildman–Crippen MR) is 65.0 cm³/mol. The molecule has 0 aromatic heterocycles. The van der Waals surface area contributed by atoms with E-state index in [0.29, 0.717) is 17.7 Å². The molecule has 1 rings (SSSR count). The van der Waals surface area contributed by atoms with Crippen molar-refractivity contribution in [1.82, 2.24) is 5.32 Å². The van der Waals surface area contributed by atoms with Crippen LogP contribution in [0.2, 0.25) is 0 Å². The van der Waals surface area contributed by atoms with Crippen LogP contribution >= 0.6 is 0 Å². The third-order valence-corrected chi connectivity index (χ3v) is 2.27. The Balaban J connectivity index is 2.35. The molecule has 0 aliphatic carbocycles. The second-order valence-electron chi connectivity index (χ2n) is 3.84. The van der Waals surface area contributed by atoms with Crippen molar-refractivity contribution in [3.8, 4) is 0 Å². The molecular weight excluding hydrogens is 239 g/mol. The average Bonchev–Trinajstić information content (AvgIpc) is 2.29. The highest BCUT2D eigenvalue weighted by Gasteiger charge is 2.04. The van der Waals surface area contributed by atoms with Gasteiger partial charge in [0.2, 0.25) is 0 Å². The van der Waals surface area contributed by atoms with E-state index in [9.17, 15) is 14.0 Å². The normalized spacial score (nSPS) is 9.89. The first-order valence-corrected chi connectivity index (χ1v) is 5.52. The van der Waals surface area contributed by atoms with Crippen molar-refractivity contribution in [3.05, 3.63) is 29.6 Å². The zero-order chi connectivity index (χ0) is 13.5. The molecule has 0 unspecified atom stereocenters. The Morgan fingerprint density at radius 3 is 2.72 bits per heavy atom. The molecule has 5 nitrogen and oxygen atoms in total. The number of carboxylic acid groups (broad SMARTS) is 1. The number of amides is 2. The van der Waals surface area contributed by atoms with Crippen molar-refractivity contribution in [1.29, 1.82) is 0 Å². The van der Waals surface area contributed by atoms with Gasteiger partial charge in [0.15, 0.2) is 0 Å². The minimum absolute atomic E-state index is 0.00986. The topological polar surface area (TPSA) is 78.4 Å². The summed E-state index contributed by atoms with van der Waals surface area (Å²) in [5.41, 5.74) is 0.934. The molecule has 0 aliphatic rings. The molecular formula is C12H15FN2O3. The second kappa shape index (κ2) is 6.58. The SMILES string of the molecule is Cc1cc(NC(=O)NCCCC(=O)O)ccc1F. The van der Waals surface area contributed by atoms with Crippen molar-refractivity contribution >= 4 is 17.7 Å². The number of urea groups is 1. The van der Waals surface area contributed by atoms with Crippen LogP contribution in [0.1, 0.15) is 18.4 Å². The number of nitrogens with one attached hydrogen (secondary N) is 2. The Morgan fingerprint density at radius 1 is 1.39 bits per heavy atom. The van der Waals surface area contributed by atoms with Crippen LogP contribution in [0.15, 0.2) is 18.2 Å². The summed E-state index contributed by atoms with van der Waals surface area (Å²) >= 11 is 0. The lowest BCUT2D eigenvalue weighted by molar-refractivity contribution is -0.137. The second-order valence-corrected chi connectivity index (χ2v) is 3.84. The van der Waals surface area contributed by atoms with Gasteiger partial charge in [-0.3, -0.25) is 4.79 Å². The molecule has 2 amide bonds. The highest BCUT2D eigenvalue weighted by atomic mass is 19.1. The number of carbonyl (C=O) groups is 2. The fraction of sp³-hybridized carbons (Fsp3) is 0.333. The molecule has 0 radical (unpaired) electrons. The number of hydrogen-bond donors (Lipinski definition) is 3. The third-order valence-electron chi connectivity index (χ3n) is 2.27. The number of aliphatic carboxylic acids is 1. The monoisotopic (exact) mass is 254 g/mol. The van der Waals surface area contributed by atoms with Gasteiger partial charge in [0.1, 0.15) is 5.82 Å². The van der Waals surface area contributed by atoms with Gasteiger partial charge in [-0.05, 0) is 37.1 Å². The van der Waals surface area contributed by atoms with E-state index in [2.05, 4.69) is 10.6 Å². The summed E-state index contributed by atoms with van der Waals surface area (Å²) in [6.07, 6.45) is 0.376. The smallest absolute Gasteiger partial charge is 0.319 e. The summed E-state index contributed by atoms with van der Waals surface area (Å²) in [4.78, 5) is 21.6. The summed E-state index contributed by atoms with van der Waals surface area (Å²) in [6, 6.07) is 3.81. The Bertz CT molecular complexity index is 449. The van der Waals surface area contributed by atoms with Gasteiger partial charge in [0, 0.05) is 18.7 Å². The van der Waals surface area contributed by atoms with Crippen molar-refractivity contribution in [2.45, 2.75) is 19.8 Å². The van der Waals surface area contributed by atoms with Crippen LogP contribution in [0.3, 0.4) is 0 Å². The van der Waals surface area contributed by atoms with Crippen LogP contribution in [-0.4, -0.2) is 23.7 Å². The van der Waals surface area contributed by atoms with Gasteiger partial charge in [0.25, 0.3) is 0 Å². The summed E-state index contributed by atoms with van der Waals surface area (Å²) < 4.78 is 13.0. The summed E-state index contributed by atoms with van der Waals surface area (Å²) in [6.45, 7) is 1.88. The molecule has 0 spiro atoms. The van der Waals surface area contributed by atoms with Crippen LogP contribution < -0.4 is 10.6 Å². The minimum atomic E-state index is -0.897. The predicted octanol–water partition coefficient (Wildman–Crippen LogP) is 2.12. The van der Waals surface area contributed by atoms with Gasteiger partial charge in [-0.2, -0.15) is 0 Å². The fourth-order valence-electron chi connectivity index (χ4n) is 1.34. The molecule has 6 heteroatoms. The molecule has 0 aliphatic heterocycles. The first-order valence-electron chi connectivity index (χ1n) is 5.52. The van der Waals surface area contributed by atoms with Crippen molar-refractivity contribution < 1.29 is 19.1 Å². The summed E-state index contributed by atoms with van der Waals surface area (Å²) in [7, 11) is 0. The van der Waals surface area contributed by atoms with Crippen molar-refractivity contribution in [3.63, 3.8) is 0 Å². The Hall–Kier alpha value is -2.11. The van der Waals surface area contributed by atoms with Crippen LogP contribution in [0.25, 0.3) is 0 Å². The molecule has 3 N–H and O–H groups in total. The average molecular weight is 254 g/mol. The molecule has 0 atom stereocenters. The summed E-state index contributed by atoms with van der Waals surface area (Å²) in [5.74, 6) is -1.23. The lowest BCUT2D eigenvalue weighted by Crippen LogP contribution is -2.29. The Kier molecular flexibility index (Phi) is 5.10. The van der Waals surface area contributed by atoms with E-state index in [0.717, 1.165) is 0 Å². The van der Waals surface area contributed by atoms with Gasteiger partial charge in [0.05, 0.1) is 0 Å². The van der Waals surface area contributed by atoms with Crippen LogP contribution in [0.5, 0.6) is 0 Å². The molecule has 0 saturated carbocycles. The van der Waals surface area contributed by atoms with Crippen LogP contribution in [0, 0.1) is 12.7 Å². The van der Waals surface area contributed by atoms with E-state index >= 15 is 0 Å². The largest absolute Gasteiger partial charge is 0.481 e. The quantitative estimate of drug-likeness (QED) is 0.704. The van der Waals surface area contributed by atoms with Gasteiger partial charge in [-0.15, -0.1) is 0 Å². The lowest BCUT2D eigenvalue weighted by Gasteiger charge is -2.08. The Labute approximate surface area is 104 Å². The number of carbonyl (C=O) groups excluding carboxylic acids is 1. The number of rotatable bonds is 5. The molecule has 0 heterocycles. The maximum absolute atomic E-state index is 13.0. The van der Waals surface area contributed by atoms with Gasteiger partial charge >= 0.3 is 12.0 Å². The van der Waals surface area contributed by atoms with Crippen LogP contribution in [-0.2, 0) is 4.79 Å². The van der Waals surface area contributed by atoms with Crippen molar-refractivity contribution in [2.24, 2.45) is 0 Å². The molecule has 98 valence electrons. The van der Waals surface area contributed by atoms with Gasteiger partial charge < -0.3 is 15.7 Å². The number of carboxylic acids is 1. The zero-order valence-corrected chi connectivity index (χ0v) is 10.00.